The third kappa shape index (κ3) is 5.19. The van der Waals surface area contributed by atoms with E-state index in [-0.39, 0.29) is 18.1 Å². The fraction of sp³-hybridized carbons (Fsp3) is 0.250. The Bertz CT molecular complexity index is 1220. The van der Waals surface area contributed by atoms with Gasteiger partial charge in [-0.2, -0.15) is 17.9 Å². The highest BCUT2D eigenvalue weighted by Gasteiger charge is 2.30. The SMILES string of the molecule is CCn1c(CO)nn(-c2ccc(C(=O)Nc3c(F)cccc3F)c(OCC(F)(F)F)c2)c1=O. The molecule has 0 radical (unpaired) electrons. The predicted molar refractivity (Wildman–Crippen MR) is 105 cm³/mol. The number of benzene rings is 2. The quantitative estimate of drug-likeness (QED) is 0.516. The van der Waals surface area contributed by atoms with Crippen LogP contribution in [0.1, 0.15) is 23.1 Å². The van der Waals surface area contributed by atoms with Crippen molar-refractivity contribution in [3.05, 3.63) is 69.9 Å². The number of halogens is 5. The topological polar surface area (TPSA) is 98.4 Å². The Labute approximate surface area is 182 Å². The fourth-order valence-electron chi connectivity index (χ4n) is 2.95. The fourth-order valence-corrected chi connectivity index (χ4v) is 2.95. The van der Waals surface area contributed by atoms with E-state index in [1.165, 1.54) is 6.07 Å². The third-order valence-electron chi connectivity index (χ3n) is 4.44. The number of hydrogen-bond donors (Lipinski definition) is 2. The summed E-state index contributed by atoms with van der Waals surface area (Å²) in [5, 5.41) is 15.3. The Kier molecular flexibility index (Phi) is 6.81. The Hall–Kier alpha value is -3.74. The van der Waals surface area contributed by atoms with Gasteiger partial charge in [0.05, 0.1) is 11.3 Å². The molecule has 13 heteroatoms. The number of ether oxygens (including phenoxy) is 1. The van der Waals surface area contributed by atoms with Crippen LogP contribution in [0.5, 0.6) is 5.75 Å². The molecular formula is C20H17F5N4O4. The molecule has 0 unspecified atom stereocenters. The van der Waals surface area contributed by atoms with Crippen molar-refractivity contribution >= 4 is 11.6 Å². The summed E-state index contributed by atoms with van der Waals surface area (Å²) >= 11 is 0. The molecule has 33 heavy (non-hydrogen) atoms. The molecule has 0 atom stereocenters. The van der Waals surface area contributed by atoms with Crippen LogP contribution in [0.25, 0.3) is 5.69 Å². The maximum absolute atomic E-state index is 13.9. The molecule has 3 rings (SSSR count). The van der Waals surface area contributed by atoms with Crippen molar-refractivity contribution in [1.29, 1.82) is 0 Å². The largest absolute Gasteiger partial charge is 0.483 e. The molecule has 0 bridgehead atoms. The minimum absolute atomic E-state index is 0.0112. The molecular weight excluding hydrogens is 455 g/mol. The molecule has 0 saturated heterocycles. The van der Waals surface area contributed by atoms with Gasteiger partial charge in [0.25, 0.3) is 5.91 Å². The summed E-state index contributed by atoms with van der Waals surface area (Å²) in [5.41, 5.74) is -2.02. The van der Waals surface area contributed by atoms with Crippen molar-refractivity contribution in [2.75, 3.05) is 11.9 Å². The Balaban J connectivity index is 2.05. The number of aliphatic hydroxyl groups excluding tert-OH is 1. The molecule has 1 amide bonds. The predicted octanol–water partition coefficient (Wildman–Crippen LogP) is 3.02. The second kappa shape index (κ2) is 9.40. The van der Waals surface area contributed by atoms with Gasteiger partial charge in [0, 0.05) is 12.6 Å². The van der Waals surface area contributed by atoms with Crippen LogP contribution >= 0.6 is 0 Å². The van der Waals surface area contributed by atoms with E-state index in [2.05, 4.69) is 5.10 Å². The van der Waals surface area contributed by atoms with Gasteiger partial charge in [-0.25, -0.2) is 13.6 Å². The Morgan fingerprint density at radius 3 is 2.39 bits per heavy atom. The van der Waals surface area contributed by atoms with E-state index in [0.717, 1.165) is 39.6 Å². The summed E-state index contributed by atoms with van der Waals surface area (Å²) in [5.74, 6) is -3.93. The second-order valence-electron chi connectivity index (χ2n) is 6.65. The monoisotopic (exact) mass is 472 g/mol. The molecule has 2 aromatic carbocycles. The summed E-state index contributed by atoms with van der Waals surface area (Å²) in [7, 11) is 0. The minimum atomic E-state index is -4.76. The first-order chi connectivity index (χ1) is 15.6. The highest BCUT2D eigenvalue weighted by atomic mass is 19.4. The number of carbonyl (C=O) groups excluding carboxylic acids is 1. The van der Waals surface area contributed by atoms with E-state index in [1.807, 2.05) is 5.32 Å². The van der Waals surface area contributed by atoms with Crippen LogP contribution in [0, 0.1) is 11.6 Å². The zero-order valence-corrected chi connectivity index (χ0v) is 17.0. The van der Waals surface area contributed by atoms with E-state index in [4.69, 9.17) is 4.74 Å². The lowest BCUT2D eigenvalue weighted by molar-refractivity contribution is -0.153. The van der Waals surface area contributed by atoms with E-state index in [0.29, 0.717) is 0 Å². The van der Waals surface area contributed by atoms with E-state index in [1.54, 1.807) is 6.92 Å². The van der Waals surface area contributed by atoms with Gasteiger partial charge in [-0.1, -0.05) is 6.07 Å². The third-order valence-corrected chi connectivity index (χ3v) is 4.44. The summed E-state index contributed by atoms with van der Waals surface area (Å²) in [6.07, 6.45) is -4.76. The molecule has 0 saturated carbocycles. The van der Waals surface area contributed by atoms with Gasteiger partial charge in [-0.05, 0) is 31.2 Å². The first-order valence-electron chi connectivity index (χ1n) is 9.44. The number of aliphatic hydroxyl groups is 1. The molecule has 0 fully saturated rings. The van der Waals surface area contributed by atoms with Crippen LogP contribution in [-0.4, -0.2) is 38.1 Å². The average Bonchev–Trinajstić information content (AvgIpc) is 3.09. The number of anilines is 1. The number of amides is 1. The van der Waals surface area contributed by atoms with Crippen LogP contribution in [-0.2, 0) is 13.2 Å². The van der Waals surface area contributed by atoms with Crippen molar-refractivity contribution < 1.29 is 36.6 Å². The lowest BCUT2D eigenvalue weighted by Gasteiger charge is -2.15. The van der Waals surface area contributed by atoms with Gasteiger partial charge in [-0.15, -0.1) is 5.10 Å². The second-order valence-corrected chi connectivity index (χ2v) is 6.65. The highest BCUT2D eigenvalue weighted by molar-refractivity contribution is 6.06. The maximum Gasteiger partial charge on any atom is 0.422 e. The molecule has 0 aliphatic rings. The molecule has 8 nitrogen and oxygen atoms in total. The lowest BCUT2D eigenvalue weighted by Crippen LogP contribution is -2.25. The van der Waals surface area contributed by atoms with Crippen LogP contribution in [0.3, 0.4) is 0 Å². The van der Waals surface area contributed by atoms with E-state index < -0.39 is 59.6 Å². The smallest absolute Gasteiger partial charge is 0.422 e. The summed E-state index contributed by atoms with van der Waals surface area (Å²) < 4.78 is 72.6. The number of carbonyl (C=O) groups is 1. The number of rotatable bonds is 7. The van der Waals surface area contributed by atoms with Crippen LogP contribution in [0.15, 0.2) is 41.2 Å². The first-order valence-corrected chi connectivity index (χ1v) is 9.44. The molecule has 0 aliphatic heterocycles. The van der Waals surface area contributed by atoms with Crippen molar-refractivity contribution in [2.24, 2.45) is 0 Å². The zero-order valence-electron chi connectivity index (χ0n) is 17.0. The van der Waals surface area contributed by atoms with Gasteiger partial charge >= 0.3 is 11.9 Å². The van der Waals surface area contributed by atoms with E-state index in [9.17, 15) is 36.6 Å². The Morgan fingerprint density at radius 2 is 1.85 bits per heavy atom. The summed E-state index contributed by atoms with van der Waals surface area (Å²) in [6, 6.07) is 6.00. The van der Waals surface area contributed by atoms with Crippen LogP contribution < -0.4 is 15.7 Å². The summed E-state index contributed by atoms with van der Waals surface area (Å²) in [6.45, 7) is -0.548. The van der Waals surface area contributed by atoms with Gasteiger partial charge in [-0.3, -0.25) is 9.36 Å². The highest BCUT2D eigenvalue weighted by Crippen LogP contribution is 2.27. The number of para-hydroxylation sites is 1. The number of nitrogens with zero attached hydrogens (tertiary/aromatic N) is 3. The number of alkyl halides is 3. The van der Waals surface area contributed by atoms with Crippen molar-refractivity contribution in [2.45, 2.75) is 26.3 Å². The van der Waals surface area contributed by atoms with Gasteiger partial charge < -0.3 is 15.2 Å². The number of nitrogens with one attached hydrogen (secondary N) is 1. The lowest BCUT2D eigenvalue weighted by atomic mass is 10.1. The van der Waals surface area contributed by atoms with Crippen LogP contribution in [0.2, 0.25) is 0 Å². The molecule has 1 heterocycles. The zero-order chi connectivity index (χ0) is 24.3. The van der Waals surface area contributed by atoms with Crippen molar-refractivity contribution in [1.82, 2.24) is 14.3 Å². The number of hydrogen-bond acceptors (Lipinski definition) is 5. The molecule has 1 aromatic heterocycles. The minimum Gasteiger partial charge on any atom is -0.483 e. The number of aromatic nitrogens is 3. The standard InChI is InChI=1S/C20H17F5N4O4/c1-2-28-16(9-30)27-29(19(28)32)11-6-7-12(15(8-11)33-10-20(23,24)25)18(31)26-17-13(21)4-3-5-14(17)22/h3-8,30H,2,9-10H2,1H3,(H,26,31). The maximum atomic E-state index is 13.9. The van der Waals surface area contributed by atoms with Gasteiger partial charge in [0.15, 0.2) is 12.4 Å². The molecule has 0 aliphatic carbocycles. The molecule has 2 N–H and O–H groups in total. The molecule has 176 valence electrons. The van der Waals surface area contributed by atoms with E-state index >= 15 is 0 Å². The summed E-state index contributed by atoms with van der Waals surface area (Å²) in [4.78, 5) is 25.1. The van der Waals surface area contributed by atoms with Crippen molar-refractivity contribution in [3.63, 3.8) is 0 Å². The van der Waals surface area contributed by atoms with Gasteiger partial charge in [0.1, 0.15) is 29.7 Å². The van der Waals surface area contributed by atoms with Crippen LogP contribution in [0.4, 0.5) is 27.6 Å². The van der Waals surface area contributed by atoms with Gasteiger partial charge in [0.2, 0.25) is 0 Å². The average molecular weight is 472 g/mol. The molecule has 3 aromatic rings. The first kappa shape index (κ1) is 23.9. The normalized spacial score (nSPS) is 11.5. The Morgan fingerprint density at radius 1 is 1.18 bits per heavy atom. The van der Waals surface area contributed by atoms with Crippen molar-refractivity contribution in [3.8, 4) is 11.4 Å². The molecule has 0 spiro atoms.